The zero-order valence-corrected chi connectivity index (χ0v) is 18.5. The Hall–Kier alpha value is -2.13. The quantitative estimate of drug-likeness (QED) is 0.548. The highest BCUT2D eigenvalue weighted by Gasteiger charge is 2.36. The lowest BCUT2D eigenvalue weighted by molar-refractivity contribution is -0.137. The van der Waals surface area contributed by atoms with Crippen LogP contribution in [0.1, 0.15) is 23.1 Å². The maximum Gasteiger partial charge on any atom is 0.416 e. The zero-order chi connectivity index (χ0) is 23.1. The lowest BCUT2D eigenvalue weighted by atomic mass is 10.1. The minimum atomic E-state index is -4.35. The smallest absolute Gasteiger partial charge is 0.383 e. The van der Waals surface area contributed by atoms with Crippen LogP contribution in [0.4, 0.5) is 13.2 Å². The van der Waals surface area contributed by atoms with E-state index in [-0.39, 0.29) is 18.0 Å². The van der Waals surface area contributed by atoms with Crippen molar-refractivity contribution in [3.8, 4) is 0 Å². The number of nitrogens with one attached hydrogen (secondary N) is 2. The predicted molar refractivity (Wildman–Crippen MR) is 117 cm³/mol. The summed E-state index contributed by atoms with van der Waals surface area (Å²) in [6.07, 6.45) is -3.76. The van der Waals surface area contributed by atoms with Gasteiger partial charge in [-0.2, -0.15) is 13.2 Å². The van der Waals surface area contributed by atoms with Gasteiger partial charge in [-0.25, -0.2) is 0 Å². The van der Waals surface area contributed by atoms with E-state index in [4.69, 9.17) is 16.3 Å². The summed E-state index contributed by atoms with van der Waals surface area (Å²) in [5.41, 5.74) is 1.02. The number of nitrogens with zero attached hydrogens (tertiary/aromatic N) is 1. The lowest BCUT2D eigenvalue weighted by Crippen LogP contribution is -2.43. The molecule has 0 bridgehead atoms. The number of halogens is 4. The standard InChI is InChI=1S/C23H27ClF3N3O2/c1-32-11-10-28-22(31)21-12-19(15-30(21)14-17-4-2-3-5-20(17)24)29-13-16-6-8-18(9-7-16)23(25,26)27/h2-9,19,21,29H,10-15H2,1H3,(H,28,31)/t19-,21-/m0/s1. The molecule has 1 saturated heterocycles. The van der Waals surface area contributed by atoms with E-state index in [1.807, 2.05) is 24.3 Å². The number of hydrogen-bond acceptors (Lipinski definition) is 4. The molecule has 1 aliphatic heterocycles. The number of benzene rings is 2. The van der Waals surface area contributed by atoms with E-state index in [0.29, 0.717) is 44.2 Å². The average Bonchev–Trinajstić information content (AvgIpc) is 3.16. The van der Waals surface area contributed by atoms with Crippen molar-refractivity contribution in [1.29, 1.82) is 0 Å². The van der Waals surface area contributed by atoms with Gasteiger partial charge < -0.3 is 15.4 Å². The van der Waals surface area contributed by atoms with Gasteiger partial charge in [0.2, 0.25) is 5.91 Å². The molecule has 1 amide bonds. The molecule has 0 aliphatic carbocycles. The Morgan fingerprint density at radius 2 is 1.91 bits per heavy atom. The van der Waals surface area contributed by atoms with E-state index in [1.54, 1.807) is 7.11 Å². The van der Waals surface area contributed by atoms with Gasteiger partial charge in [0.15, 0.2) is 0 Å². The fraction of sp³-hybridized carbons (Fsp3) is 0.435. The number of alkyl halides is 3. The van der Waals surface area contributed by atoms with Crippen LogP contribution in [-0.2, 0) is 28.8 Å². The number of likely N-dealkylation sites (tertiary alicyclic amines) is 1. The molecule has 2 aromatic rings. The molecule has 0 radical (unpaired) electrons. The Bertz CT molecular complexity index is 893. The van der Waals surface area contributed by atoms with Crippen LogP contribution in [0.2, 0.25) is 5.02 Å². The maximum absolute atomic E-state index is 12.8. The van der Waals surface area contributed by atoms with E-state index in [2.05, 4.69) is 15.5 Å². The largest absolute Gasteiger partial charge is 0.416 e. The van der Waals surface area contributed by atoms with E-state index in [9.17, 15) is 18.0 Å². The molecule has 3 rings (SSSR count). The number of hydrogen-bond donors (Lipinski definition) is 2. The first-order chi connectivity index (χ1) is 15.3. The van der Waals surface area contributed by atoms with Crippen molar-refractivity contribution in [3.63, 3.8) is 0 Å². The van der Waals surface area contributed by atoms with Crippen LogP contribution >= 0.6 is 11.6 Å². The number of rotatable bonds is 9. The average molecular weight is 470 g/mol. The van der Waals surface area contributed by atoms with Crippen molar-refractivity contribution in [2.75, 3.05) is 26.8 Å². The van der Waals surface area contributed by atoms with Crippen LogP contribution in [0.15, 0.2) is 48.5 Å². The third-order valence-corrected chi connectivity index (χ3v) is 5.89. The molecule has 0 aromatic heterocycles. The van der Waals surface area contributed by atoms with Crippen LogP contribution in [0.5, 0.6) is 0 Å². The summed E-state index contributed by atoms with van der Waals surface area (Å²) in [4.78, 5) is 14.9. The highest BCUT2D eigenvalue weighted by molar-refractivity contribution is 6.31. The molecule has 1 heterocycles. The fourth-order valence-electron chi connectivity index (χ4n) is 3.81. The van der Waals surface area contributed by atoms with Gasteiger partial charge in [-0.15, -0.1) is 0 Å². The second-order valence-corrected chi connectivity index (χ2v) is 8.24. The molecule has 9 heteroatoms. The van der Waals surface area contributed by atoms with Crippen molar-refractivity contribution in [2.45, 2.75) is 37.8 Å². The molecule has 2 N–H and O–H groups in total. The third-order valence-electron chi connectivity index (χ3n) is 5.52. The van der Waals surface area contributed by atoms with Gasteiger partial charge in [0, 0.05) is 44.4 Å². The van der Waals surface area contributed by atoms with E-state index >= 15 is 0 Å². The molecule has 1 aliphatic rings. The fourth-order valence-corrected chi connectivity index (χ4v) is 4.01. The molecule has 0 saturated carbocycles. The van der Waals surface area contributed by atoms with Gasteiger partial charge in [0.1, 0.15) is 0 Å². The summed E-state index contributed by atoms with van der Waals surface area (Å²) in [6, 6.07) is 12.3. The summed E-state index contributed by atoms with van der Waals surface area (Å²) in [5.74, 6) is -0.0760. The molecule has 5 nitrogen and oxygen atoms in total. The molecular weight excluding hydrogens is 443 g/mol. The van der Waals surface area contributed by atoms with E-state index < -0.39 is 11.7 Å². The second-order valence-electron chi connectivity index (χ2n) is 7.83. The molecule has 1 fully saturated rings. The normalized spacial score (nSPS) is 19.3. The van der Waals surface area contributed by atoms with Gasteiger partial charge in [-0.05, 0) is 35.7 Å². The Morgan fingerprint density at radius 1 is 1.19 bits per heavy atom. The number of amides is 1. The van der Waals surface area contributed by atoms with E-state index in [0.717, 1.165) is 23.3 Å². The van der Waals surface area contributed by atoms with Crippen molar-refractivity contribution >= 4 is 17.5 Å². The Balaban J connectivity index is 1.64. The van der Waals surface area contributed by atoms with E-state index in [1.165, 1.54) is 12.1 Å². The third kappa shape index (κ3) is 6.68. The first kappa shape index (κ1) is 24.5. The monoisotopic (exact) mass is 469 g/mol. The van der Waals surface area contributed by atoms with Crippen LogP contribution < -0.4 is 10.6 Å². The first-order valence-corrected chi connectivity index (χ1v) is 10.8. The predicted octanol–water partition coefficient (Wildman–Crippen LogP) is 3.85. The number of ether oxygens (including phenoxy) is 1. The molecule has 0 spiro atoms. The zero-order valence-electron chi connectivity index (χ0n) is 17.8. The molecule has 2 atom stereocenters. The Morgan fingerprint density at radius 3 is 2.56 bits per heavy atom. The van der Waals surface area contributed by atoms with Gasteiger partial charge in [0.05, 0.1) is 18.2 Å². The summed E-state index contributed by atoms with van der Waals surface area (Å²) < 4.78 is 43.3. The van der Waals surface area contributed by atoms with Gasteiger partial charge >= 0.3 is 6.18 Å². The minimum Gasteiger partial charge on any atom is -0.383 e. The van der Waals surface area contributed by atoms with Gasteiger partial charge in [-0.1, -0.05) is 41.9 Å². The van der Waals surface area contributed by atoms with Crippen molar-refractivity contribution in [3.05, 3.63) is 70.2 Å². The van der Waals surface area contributed by atoms with Gasteiger partial charge in [-0.3, -0.25) is 9.69 Å². The molecule has 174 valence electrons. The van der Waals surface area contributed by atoms with Crippen molar-refractivity contribution in [2.24, 2.45) is 0 Å². The number of methoxy groups -OCH3 is 1. The number of carbonyl (C=O) groups excluding carboxylic acids is 1. The molecule has 0 unspecified atom stereocenters. The summed E-state index contributed by atoms with van der Waals surface area (Å²) in [6.45, 7) is 2.42. The van der Waals surface area contributed by atoms with Gasteiger partial charge in [0.25, 0.3) is 0 Å². The van der Waals surface area contributed by atoms with Crippen LogP contribution in [0, 0.1) is 0 Å². The summed E-state index contributed by atoms with van der Waals surface area (Å²) >= 11 is 6.32. The minimum absolute atomic E-state index is 0.0120. The van der Waals surface area contributed by atoms with Crippen molar-refractivity contribution < 1.29 is 22.7 Å². The Kier molecular flexibility index (Phi) is 8.53. The highest BCUT2D eigenvalue weighted by Crippen LogP contribution is 2.29. The second kappa shape index (κ2) is 11.1. The molecule has 32 heavy (non-hydrogen) atoms. The summed E-state index contributed by atoms with van der Waals surface area (Å²) in [7, 11) is 1.58. The summed E-state index contributed by atoms with van der Waals surface area (Å²) in [5, 5.41) is 6.92. The van der Waals surface area contributed by atoms with Crippen LogP contribution in [-0.4, -0.2) is 49.7 Å². The van der Waals surface area contributed by atoms with Crippen LogP contribution in [0.3, 0.4) is 0 Å². The maximum atomic E-state index is 12.8. The molecular formula is C23H27ClF3N3O2. The van der Waals surface area contributed by atoms with Crippen LogP contribution in [0.25, 0.3) is 0 Å². The Labute approximate surface area is 190 Å². The first-order valence-electron chi connectivity index (χ1n) is 10.4. The topological polar surface area (TPSA) is 53.6 Å². The number of carbonyl (C=O) groups is 1. The SMILES string of the molecule is COCCNC(=O)[C@@H]1C[C@H](NCc2ccc(C(F)(F)F)cc2)CN1Cc1ccccc1Cl. The highest BCUT2D eigenvalue weighted by atomic mass is 35.5. The lowest BCUT2D eigenvalue weighted by Gasteiger charge is -2.24. The molecule has 2 aromatic carbocycles. The van der Waals surface area contributed by atoms with Crippen molar-refractivity contribution in [1.82, 2.24) is 15.5 Å².